The number of nitro benzene ring substituents is 1. The van der Waals surface area contributed by atoms with Crippen molar-refractivity contribution in [2.75, 3.05) is 21.3 Å². The molecule has 2 rings (SSSR count). The fourth-order valence-corrected chi connectivity index (χ4v) is 2.74. The van der Waals surface area contributed by atoms with Gasteiger partial charge in [-0.1, -0.05) is 18.2 Å². The molecule has 1 amide bonds. The van der Waals surface area contributed by atoms with Crippen LogP contribution in [0.3, 0.4) is 0 Å². The van der Waals surface area contributed by atoms with Gasteiger partial charge in [-0.3, -0.25) is 19.8 Å². The van der Waals surface area contributed by atoms with Gasteiger partial charge >= 0.3 is 0 Å². The lowest BCUT2D eigenvalue weighted by Crippen LogP contribution is -2.19. The van der Waals surface area contributed by atoms with Gasteiger partial charge in [0.15, 0.2) is 11.5 Å². The van der Waals surface area contributed by atoms with Crippen molar-refractivity contribution < 1.29 is 19.2 Å². The molecule has 0 aliphatic rings. The summed E-state index contributed by atoms with van der Waals surface area (Å²) in [4.78, 5) is 24.0. The topological polar surface area (TPSA) is 108 Å². The minimum atomic E-state index is -0.700. The summed E-state index contributed by atoms with van der Waals surface area (Å²) in [5.41, 5.74) is 6.56. The molecule has 2 aromatic carbocycles. The van der Waals surface area contributed by atoms with Crippen LogP contribution in [0.5, 0.6) is 11.5 Å². The first-order chi connectivity index (χ1) is 12.4. The minimum Gasteiger partial charge on any atom is -0.493 e. The van der Waals surface area contributed by atoms with Crippen LogP contribution in [0.2, 0.25) is 0 Å². The van der Waals surface area contributed by atoms with E-state index in [1.165, 1.54) is 12.1 Å². The molecule has 0 saturated carbocycles. The van der Waals surface area contributed by atoms with E-state index < -0.39 is 10.8 Å². The van der Waals surface area contributed by atoms with Crippen LogP contribution in [0.1, 0.15) is 21.5 Å². The van der Waals surface area contributed by atoms with Gasteiger partial charge in [0, 0.05) is 35.8 Å². The zero-order valence-corrected chi connectivity index (χ0v) is 14.9. The Labute approximate surface area is 151 Å². The van der Waals surface area contributed by atoms with E-state index in [1.54, 1.807) is 26.4 Å². The molecule has 0 aromatic heterocycles. The van der Waals surface area contributed by atoms with Crippen LogP contribution >= 0.6 is 0 Å². The lowest BCUT2D eigenvalue weighted by molar-refractivity contribution is -0.385. The number of nitrogens with zero attached hydrogens (tertiary/aromatic N) is 2. The molecule has 138 valence electrons. The second-order valence-electron chi connectivity index (χ2n) is 5.79. The molecule has 0 radical (unpaired) electrons. The monoisotopic (exact) mass is 359 g/mol. The molecule has 26 heavy (non-hydrogen) atoms. The highest BCUT2D eigenvalue weighted by molar-refractivity contribution is 5.93. The first-order valence-electron chi connectivity index (χ1n) is 7.83. The maximum Gasteiger partial charge on any atom is 0.274 e. The first kappa shape index (κ1) is 19.2. The molecule has 0 heterocycles. The zero-order valence-electron chi connectivity index (χ0n) is 14.9. The molecule has 8 heteroatoms. The van der Waals surface area contributed by atoms with Crippen LogP contribution < -0.4 is 15.2 Å². The predicted molar refractivity (Wildman–Crippen MR) is 96.3 cm³/mol. The highest BCUT2D eigenvalue weighted by Crippen LogP contribution is 2.32. The lowest BCUT2D eigenvalue weighted by Gasteiger charge is -2.19. The van der Waals surface area contributed by atoms with Crippen molar-refractivity contribution in [3.05, 3.63) is 63.2 Å². The van der Waals surface area contributed by atoms with Crippen molar-refractivity contribution in [1.82, 2.24) is 4.90 Å². The summed E-state index contributed by atoms with van der Waals surface area (Å²) in [5.74, 6) is 0.546. The van der Waals surface area contributed by atoms with Gasteiger partial charge in [-0.2, -0.15) is 0 Å². The number of carbonyl (C=O) groups is 1. The number of carbonyl (C=O) groups excluding carboxylic acids is 1. The SMILES string of the molecule is COc1cccc(CN(C)Cc2ccc(C(N)=O)cc2[N+](=O)[O-])c1OC. The van der Waals surface area contributed by atoms with Crippen molar-refractivity contribution in [3.63, 3.8) is 0 Å². The molecule has 8 nitrogen and oxygen atoms in total. The Hall–Kier alpha value is -3.13. The minimum absolute atomic E-state index is 0.109. The third-order valence-corrected chi connectivity index (χ3v) is 3.93. The number of nitro groups is 1. The summed E-state index contributed by atoms with van der Waals surface area (Å²) in [5, 5.41) is 11.3. The Balaban J connectivity index is 2.24. The molecule has 0 aliphatic heterocycles. The standard InChI is InChI=1S/C18H21N3O5/c1-20(11-14-5-4-6-16(25-2)17(14)26-3)10-13-8-7-12(18(19)22)9-15(13)21(23)24/h4-9H,10-11H2,1-3H3,(H2,19,22). The number of nitrogens with two attached hydrogens (primary N) is 1. The number of hydrogen-bond acceptors (Lipinski definition) is 6. The van der Waals surface area contributed by atoms with Gasteiger partial charge in [-0.05, 0) is 19.2 Å². The molecule has 0 aliphatic carbocycles. The Kier molecular flexibility index (Phi) is 6.13. The fraction of sp³-hybridized carbons (Fsp3) is 0.278. The van der Waals surface area contributed by atoms with Crippen LogP contribution in [-0.2, 0) is 13.1 Å². The quantitative estimate of drug-likeness (QED) is 0.572. The number of benzene rings is 2. The van der Waals surface area contributed by atoms with E-state index >= 15 is 0 Å². The number of methoxy groups -OCH3 is 2. The zero-order chi connectivity index (χ0) is 19.3. The van der Waals surface area contributed by atoms with Gasteiger partial charge in [0.05, 0.1) is 19.1 Å². The van der Waals surface area contributed by atoms with Crippen LogP contribution in [0.25, 0.3) is 0 Å². The molecule has 0 saturated heterocycles. The summed E-state index contributed by atoms with van der Waals surface area (Å²) in [6, 6.07) is 9.81. The van der Waals surface area contributed by atoms with Gasteiger partial charge in [0.2, 0.25) is 5.91 Å². The molecule has 0 unspecified atom stereocenters. The summed E-state index contributed by atoms with van der Waals surface area (Å²) in [7, 11) is 4.97. The normalized spacial score (nSPS) is 10.6. The third-order valence-electron chi connectivity index (χ3n) is 3.93. The van der Waals surface area contributed by atoms with E-state index in [2.05, 4.69) is 0 Å². The van der Waals surface area contributed by atoms with E-state index in [1.807, 2.05) is 24.1 Å². The van der Waals surface area contributed by atoms with E-state index in [0.717, 1.165) is 5.56 Å². The number of primary amides is 1. The van der Waals surface area contributed by atoms with Crippen LogP contribution in [0, 0.1) is 10.1 Å². The van der Waals surface area contributed by atoms with Gasteiger partial charge < -0.3 is 15.2 Å². The summed E-state index contributed by atoms with van der Waals surface area (Å²) >= 11 is 0. The molecule has 2 aromatic rings. The van der Waals surface area contributed by atoms with Crippen molar-refractivity contribution in [2.45, 2.75) is 13.1 Å². The van der Waals surface area contributed by atoms with Crippen molar-refractivity contribution >= 4 is 11.6 Å². The number of rotatable bonds is 8. The summed E-state index contributed by atoms with van der Waals surface area (Å²) < 4.78 is 10.7. The molecule has 2 N–H and O–H groups in total. The lowest BCUT2D eigenvalue weighted by atomic mass is 10.1. The third kappa shape index (κ3) is 4.28. The molecule has 0 fully saturated rings. The van der Waals surface area contributed by atoms with E-state index in [0.29, 0.717) is 30.2 Å². The van der Waals surface area contributed by atoms with E-state index in [-0.39, 0.29) is 11.3 Å². The number of para-hydroxylation sites is 1. The second-order valence-corrected chi connectivity index (χ2v) is 5.79. The number of amides is 1. The molecular formula is C18H21N3O5. The van der Waals surface area contributed by atoms with Gasteiger partial charge in [0.25, 0.3) is 5.69 Å². The Bertz CT molecular complexity index is 822. The number of ether oxygens (including phenoxy) is 2. The Morgan fingerprint density at radius 1 is 1.15 bits per heavy atom. The van der Waals surface area contributed by atoms with Gasteiger partial charge in [0.1, 0.15) is 0 Å². The summed E-state index contributed by atoms with van der Waals surface area (Å²) in [6.45, 7) is 0.810. The van der Waals surface area contributed by atoms with E-state index in [9.17, 15) is 14.9 Å². The van der Waals surface area contributed by atoms with E-state index in [4.69, 9.17) is 15.2 Å². The highest BCUT2D eigenvalue weighted by Gasteiger charge is 2.19. The predicted octanol–water partition coefficient (Wildman–Crippen LogP) is 2.34. The van der Waals surface area contributed by atoms with Gasteiger partial charge in [-0.25, -0.2) is 0 Å². The van der Waals surface area contributed by atoms with Gasteiger partial charge in [-0.15, -0.1) is 0 Å². The van der Waals surface area contributed by atoms with Crippen LogP contribution in [-0.4, -0.2) is 37.0 Å². The first-order valence-corrected chi connectivity index (χ1v) is 7.83. The van der Waals surface area contributed by atoms with Crippen LogP contribution in [0.15, 0.2) is 36.4 Å². The highest BCUT2D eigenvalue weighted by atomic mass is 16.6. The van der Waals surface area contributed by atoms with Crippen molar-refractivity contribution in [3.8, 4) is 11.5 Å². The average molecular weight is 359 g/mol. The smallest absolute Gasteiger partial charge is 0.274 e. The largest absolute Gasteiger partial charge is 0.493 e. The average Bonchev–Trinajstić information content (AvgIpc) is 2.61. The number of hydrogen-bond donors (Lipinski definition) is 1. The molecular weight excluding hydrogens is 338 g/mol. The maximum absolute atomic E-state index is 11.3. The Morgan fingerprint density at radius 2 is 1.85 bits per heavy atom. The molecule has 0 atom stereocenters. The Morgan fingerprint density at radius 3 is 2.42 bits per heavy atom. The van der Waals surface area contributed by atoms with Crippen molar-refractivity contribution in [2.24, 2.45) is 5.73 Å². The second kappa shape index (κ2) is 8.30. The fourth-order valence-electron chi connectivity index (χ4n) is 2.74. The van der Waals surface area contributed by atoms with Crippen LogP contribution in [0.4, 0.5) is 5.69 Å². The molecule has 0 spiro atoms. The van der Waals surface area contributed by atoms with Crippen molar-refractivity contribution in [1.29, 1.82) is 0 Å². The molecule has 0 bridgehead atoms. The maximum atomic E-state index is 11.3. The summed E-state index contributed by atoms with van der Waals surface area (Å²) in [6.07, 6.45) is 0.